The van der Waals surface area contributed by atoms with Crippen LogP contribution in [0.4, 0.5) is 19.0 Å². The van der Waals surface area contributed by atoms with Gasteiger partial charge in [0.25, 0.3) is 0 Å². The van der Waals surface area contributed by atoms with Crippen molar-refractivity contribution in [2.75, 3.05) is 24.6 Å². The fourth-order valence-corrected chi connectivity index (χ4v) is 2.01. The lowest BCUT2D eigenvalue weighted by atomic mass is 9.96. The predicted molar refractivity (Wildman–Crippen MR) is 63.4 cm³/mol. The molecule has 0 saturated carbocycles. The first-order valence-electron chi connectivity index (χ1n) is 5.85. The van der Waals surface area contributed by atoms with E-state index in [-0.39, 0.29) is 5.82 Å². The molecule has 110 valence electrons. The molecule has 1 aliphatic rings. The summed E-state index contributed by atoms with van der Waals surface area (Å²) < 4.78 is 42.8. The molecular weight excluding hydrogens is 277 g/mol. The number of anilines is 1. The number of hydrogen-bond acceptors (Lipinski definition) is 4. The molecule has 1 N–H and O–H groups in total. The third-order valence-corrected chi connectivity index (χ3v) is 2.94. The van der Waals surface area contributed by atoms with E-state index >= 15 is 0 Å². The van der Waals surface area contributed by atoms with Gasteiger partial charge < -0.3 is 14.7 Å². The highest BCUT2D eigenvalue weighted by atomic mass is 19.4. The Labute approximate surface area is 113 Å². The summed E-state index contributed by atoms with van der Waals surface area (Å²) in [5, 5.41) is 8.53. The van der Waals surface area contributed by atoms with Crippen molar-refractivity contribution >= 4 is 11.8 Å². The Bertz CT molecular complexity index is 513. The molecule has 0 atom stereocenters. The SMILES string of the molecule is CC1(OCC(=O)O)CN(c2cccc(C(F)(F)F)n2)C1. The number of pyridine rings is 1. The number of rotatable bonds is 4. The van der Waals surface area contributed by atoms with E-state index in [1.54, 1.807) is 11.8 Å². The van der Waals surface area contributed by atoms with Gasteiger partial charge in [-0.3, -0.25) is 0 Å². The number of nitrogens with zero attached hydrogens (tertiary/aromatic N) is 2. The largest absolute Gasteiger partial charge is 0.480 e. The molecule has 1 fully saturated rings. The minimum Gasteiger partial charge on any atom is -0.480 e. The number of aliphatic carboxylic acids is 1. The highest BCUT2D eigenvalue weighted by Crippen LogP contribution is 2.32. The van der Waals surface area contributed by atoms with Crippen LogP contribution >= 0.6 is 0 Å². The lowest BCUT2D eigenvalue weighted by molar-refractivity contribution is -0.150. The molecule has 1 saturated heterocycles. The molecule has 1 aromatic heterocycles. The highest BCUT2D eigenvalue weighted by Gasteiger charge is 2.41. The summed E-state index contributed by atoms with van der Waals surface area (Å²) in [5.74, 6) is -0.877. The molecule has 20 heavy (non-hydrogen) atoms. The van der Waals surface area contributed by atoms with Gasteiger partial charge in [-0.1, -0.05) is 6.07 Å². The van der Waals surface area contributed by atoms with Gasteiger partial charge in [0.1, 0.15) is 23.7 Å². The van der Waals surface area contributed by atoms with Crippen molar-refractivity contribution in [1.82, 2.24) is 4.98 Å². The summed E-state index contributed by atoms with van der Waals surface area (Å²) in [7, 11) is 0. The van der Waals surface area contributed by atoms with Crippen molar-refractivity contribution in [3.63, 3.8) is 0 Å². The highest BCUT2D eigenvalue weighted by molar-refractivity contribution is 5.68. The molecule has 2 rings (SSSR count). The summed E-state index contributed by atoms with van der Waals surface area (Å²) >= 11 is 0. The molecule has 0 spiro atoms. The topological polar surface area (TPSA) is 62.7 Å². The molecule has 2 heterocycles. The smallest absolute Gasteiger partial charge is 0.433 e. The van der Waals surface area contributed by atoms with Gasteiger partial charge >= 0.3 is 12.1 Å². The third kappa shape index (κ3) is 3.19. The number of aromatic nitrogens is 1. The van der Waals surface area contributed by atoms with E-state index < -0.39 is 30.0 Å². The molecule has 0 radical (unpaired) electrons. The molecule has 8 heteroatoms. The van der Waals surface area contributed by atoms with Crippen LogP contribution in [0, 0.1) is 0 Å². The number of ether oxygens (including phenoxy) is 1. The van der Waals surface area contributed by atoms with Crippen LogP contribution in [0.15, 0.2) is 18.2 Å². The van der Waals surface area contributed by atoms with Gasteiger partial charge in [-0.15, -0.1) is 0 Å². The maximum absolute atomic E-state index is 12.5. The van der Waals surface area contributed by atoms with Crippen LogP contribution in [-0.4, -0.2) is 41.4 Å². The van der Waals surface area contributed by atoms with Gasteiger partial charge in [0.05, 0.1) is 0 Å². The minimum atomic E-state index is -4.48. The molecule has 0 unspecified atom stereocenters. The monoisotopic (exact) mass is 290 g/mol. The van der Waals surface area contributed by atoms with E-state index in [2.05, 4.69) is 4.98 Å². The van der Waals surface area contributed by atoms with Crippen LogP contribution < -0.4 is 4.90 Å². The molecule has 1 aromatic rings. The molecule has 0 aromatic carbocycles. The van der Waals surface area contributed by atoms with Gasteiger partial charge in [-0.2, -0.15) is 13.2 Å². The van der Waals surface area contributed by atoms with Gasteiger partial charge in [-0.05, 0) is 19.1 Å². The average Bonchev–Trinajstić information content (AvgIpc) is 2.32. The van der Waals surface area contributed by atoms with E-state index in [0.29, 0.717) is 13.1 Å². The maximum atomic E-state index is 12.5. The van der Waals surface area contributed by atoms with Gasteiger partial charge in [0.15, 0.2) is 0 Å². The maximum Gasteiger partial charge on any atom is 0.433 e. The minimum absolute atomic E-state index is 0.205. The number of carbonyl (C=O) groups is 1. The van der Waals surface area contributed by atoms with E-state index in [1.165, 1.54) is 12.1 Å². The second-order valence-corrected chi connectivity index (χ2v) is 4.87. The summed E-state index contributed by atoms with van der Waals surface area (Å²) in [6.07, 6.45) is -4.48. The second kappa shape index (κ2) is 4.93. The van der Waals surface area contributed by atoms with Crippen LogP contribution in [0.1, 0.15) is 12.6 Å². The first-order valence-corrected chi connectivity index (χ1v) is 5.85. The Morgan fingerprint density at radius 2 is 2.15 bits per heavy atom. The quantitative estimate of drug-likeness (QED) is 0.916. The van der Waals surface area contributed by atoms with Crippen LogP contribution in [0.25, 0.3) is 0 Å². The molecular formula is C12H13F3N2O3. The van der Waals surface area contributed by atoms with Crippen LogP contribution in [0.3, 0.4) is 0 Å². The van der Waals surface area contributed by atoms with Crippen LogP contribution in [0.2, 0.25) is 0 Å². The third-order valence-electron chi connectivity index (χ3n) is 2.94. The van der Waals surface area contributed by atoms with E-state index in [0.717, 1.165) is 6.07 Å². The number of alkyl halides is 3. The van der Waals surface area contributed by atoms with Crippen molar-refractivity contribution in [2.45, 2.75) is 18.7 Å². The fraction of sp³-hybridized carbons (Fsp3) is 0.500. The van der Waals surface area contributed by atoms with Gasteiger partial charge in [-0.25, -0.2) is 9.78 Å². The lowest BCUT2D eigenvalue weighted by Gasteiger charge is -2.48. The Hall–Kier alpha value is -1.83. The van der Waals surface area contributed by atoms with Crippen molar-refractivity contribution in [1.29, 1.82) is 0 Å². The van der Waals surface area contributed by atoms with Crippen molar-refractivity contribution in [2.24, 2.45) is 0 Å². The van der Waals surface area contributed by atoms with Gasteiger partial charge in [0, 0.05) is 13.1 Å². The van der Waals surface area contributed by atoms with E-state index in [4.69, 9.17) is 9.84 Å². The molecule has 0 bridgehead atoms. The fourth-order valence-electron chi connectivity index (χ4n) is 2.01. The Morgan fingerprint density at radius 3 is 2.70 bits per heavy atom. The van der Waals surface area contributed by atoms with E-state index in [1.807, 2.05) is 0 Å². The molecule has 1 aliphatic heterocycles. The average molecular weight is 290 g/mol. The molecule has 5 nitrogen and oxygen atoms in total. The van der Waals surface area contributed by atoms with Crippen molar-refractivity contribution in [3.05, 3.63) is 23.9 Å². The standard InChI is InChI=1S/C12H13F3N2O3/c1-11(20-5-10(18)19)6-17(7-11)9-4-2-3-8(16-9)12(13,14)15/h2-4H,5-7H2,1H3,(H,18,19). The van der Waals surface area contributed by atoms with Crippen LogP contribution in [-0.2, 0) is 15.7 Å². The second-order valence-electron chi connectivity index (χ2n) is 4.87. The summed E-state index contributed by atoms with van der Waals surface area (Å²) in [4.78, 5) is 15.6. The summed E-state index contributed by atoms with van der Waals surface area (Å²) in [6, 6.07) is 3.67. The summed E-state index contributed by atoms with van der Waals surface area (Å²) in [6.45, 7) is 1.88. The molecule has 0 amide bonds. The normalized spacial score (nSPS) is 17.7. The number of carboxylic acids is 1. The Balaban J connectivity index is 2.00. The Kier molecular flexibility index (Phi) is 3.59. The number of halogens is 3. The first-order chi connectivity index (χ1) is 9.20. The first kappa shape index (κ1) is 14.6. The predicted octanol–water partition coefficient (Wildman–Crippen LogP) is 1.78. The Morgan fingerprint density at radius 1 is 1.50 bits per heavy atom. The zero-order valence-electron chi connectivity index (χ0n) is 10.6. The zero-order valence-corrected chi connectivity index (χ0v) is 10.6. The lowest BCUT2D eigenvalue weighted by Crippen LogP contribution is -2.62. The molecule has 0 aliphatic carbocycles. The zero-order chi connectivity index (χ0) is 15.0. The van der Waals surface area contributed by atoms with Gasteiger partial charge in [0.2, 0.25) is 0 Å². The van der Waals surface area contributed by atoms with Crippen molar-refractivity contribution in [3.8, 4) is 0 Å². The van der Waals surface area contributed by atoms with Crippen molar-refractivity contribution < 1.29 is 27.8 Å². The number of hydrogen-bond donors (Lipinski definition) is 1. The van der Waals surface area contributed by atoms with E-state index in [9.17, 15) is 18.0 Å². The summed E-state index contributed by atoms with van der Waals surface area (Å²) in [5.41, 5.74) is -1.62. The number of carboxylic acid groups (broad SMARTS) is 1. The van der Waals surface area contributed by atoms with Crippen LogP contribution in [0.5, 0.6) is 0 Å².